The summed E-state index contributed by atoms with van der Waals surface area (Å²) in [5, 5.41) is 13.5. The monoisotopic (exact) mass is 320 g/mol. The Bertz CT molecular complexity index is 518. The molecule has 128 valence electrons. The largest absolute Gasteiger partial charge is 0.357 e. The fourth-order valence-electron chi connectivity index (χ4n) is 2.75. The Labute approximate surface area is 137 Å². The summed E-state index contributed by atoms with van der Waals surface area (Å²) in [6, 6.07) is 2.27. The number of aromatic nitrogens is 2. The number of aryl methyl sites for hydroxylation is 1. The van der Waals surface area contributed by atoms with Crippen molar-refractivity contribution >= 4 is 11.9 Å². The van der Waals surface area contributed by atoms with Gasteiger partial charge in [-0.1, -0.05) is 19.3 Å². The van der Waals surface area contributed by atoms with Gasteiger partial charge in [-0.25, -0.2) is 4.99 Å². The number of guanidine groups is 1. The number of carbonyl (C=O) groups excluding carboxylic acids is 1. The predicted molar refractivity (Wildman–Crippen MR) is 91.0 cm³/mol. The number of carbonyl (C=O) groups is 1. The Morgan fingerprint density at radius 2 is 2.13 bits per heavy atom. The van der Waals surface area contributed by atoms with Crippen molar-refractivity contribution in [3.8, 4) is 0 Å². The molecule has 1 aliphatic rings. The zero-order chi connectivity index (χ0) is 16.5. The summed E-state index contributed by atoms with van der Waals surface area (Å²) in [5.74, 6) is 0.676. The fourth-order valence-corrected chi connectivity index (χ4v) is 2.75. The average Bonchev–Trinajstić information content (AvgIpc) is 2.96. The molecule has 0 radical (unpaired) electrons. The molecule has 1 amide bonds. The second-order valence-electron chi connectivity index (χ2n) is 5.90. The van der Waals surface area contributed by atoms with Gasteiger partial charge in [-0.15, -0.1) is 0 Å². The fraction of sp³-hybridized carbons (Fsp3) is 0.688. The second kappa shape index (κ2) is 9.17. The van der Waals surface area contributed by atoms with Crippen molar-refractivity contribution in [3.05, 3.63) is 18.0 Å². The summed E-state index contributed by atoms with van der Waals surface area (Å²) >= 11 is 0. The van der Waals surface area contributed by atoms with E-state index >= 15 is 0 Å². The van der Waals surface area contributed by atoms with Crippen molar-refractivity contribution in [2.24, 2.45) is 12.0 Å². The summed E-state index contributed by atoms with van der Waals surface area (Å²) < 4.78 is 1.79. The first-order chi connectivity index (χ1) is 11.2. The molecule has 0 saturated heterocycles. The highest BCUT2D eigenvalue weighted by Crippen LogP contribution is 2.17. The van der Waals surface area contributed by atoms with Crippen molar-refractivity contribution < 1.29 is 4.79 Å². The molecule has 1 heterocycles. The van der Waals surface area contributed by atoms with Crippen LogP contribution in [0.4, 0.5) is 0 Å². The predicted octanol–water partition coefficient (Wildman–Crippen LogP) is 0.924. The van der Waals surface area contributed by atoms with E-state index in [9.17, 15) is 4.79 Å². The molecule has 0 aromatic carbocycles. The first kappa shape index (κ1) is 17.3. The molecule has 0 unspecified atom stereocenters. The molecule has 7 nitrogen and oxygen atoms in total. The number of rotatable bonds is 6. The number of nitrogens with one attached hydrogen (secondary N) is 3. The van der Waals surface area contributed by atoms with Crippen LogP contribution < -0.4 is 16.0 Å². The van der Waals surface area contributed by atoms with Crippen LogP contribution in [-0.4, -0.2) is 40.8 Å². The second-order valence-corrected chi connectivity index (χ2v) is 5.90. The van der Waals surface area contributed by atoms with Gasteiger partial charge in [0.05, 0.1) is 18.8 Å². The normalized spacial score (nSPS) is 16.2. The van der Waals surface area contributed by atoms with E-state index in [4.69, 9.17) is 0 Å². The zero-order valence-corrected chi connectivity index (χ0v) is 14.1. The van der Waals surface area contributed by atoms with Crippen molar-refractivity contribution in [2.75, 3.05) is 13.1 Å². The smallest absolute Gasteiger partial charge is 0.239 e. The number of amides is 1. The van der Waals surface area contributed by atoms with Crippen LogP contribution in [0.25, 0.3) is 0 Å². The Morgan fingerprint density at radius 1 is 1.35 bits per heavy atom. The SMILES string of the molecule is CCNC(=NCc1ccnn1C)NCC(=O)NC1CCCCC1. The van der Waals surface area contributed by atoms with Gasteiger partial charge in [0, 0.05) is 25.8 Å². The minimum atomic E-state index is 0.0306. The lowest BCUT2D eigenvalue weighted by Gasteiger charge is -2.23. The quantitative estimate of drug-likeness (QED) is 0.538. The molecule has 1 fully saturated rings. The Balaban J connectivity index is 1.79. The number of nitrogens with zero attached hydrogens (tertiary/aromatic N) is 3. The van der Waals surface area contributed by atoms with Gasteiger partial charge < -0.3 is 16.0 Å². The zero-order valence-electron chi connectivity index (χ0n) is 14.1. The lowest BCUT2D eigenvalue weighted by Crippen LogP contribution is -2.46. The van der Waals surface area contributed by atoms with E-state index in [2.05, 4.69) is 26.0 Å². The standard InChI is InChI=1S/C16H28N6O/c1-3-17-16(18-11-14-9-10-20-22(14)2)19-12-15(23)21-13-7-5-4-6-8-13/h9-10,13H,3-8,11-12H2,1-2H3,(H,21,23)(H2,17,18,19). The van der Waals surface area contributed by atoms with Gasteiger partial charge in [-0.05, 0) is 25.8 Å². The summed E-state index contributed by atoms with van der Waals surface area (Å²) in [4.78, 5) is 16.5. The number of hydrogen-bond donors (Lipinski definition) is 3. The highest BCUT2D eigenvalue weighted by Gasteiger charge is 2.15. The molecule has 23 heavy (non-hydrogen) atoms. The van der Waals surface area contributed by atoms with E-state index in [0.717, 1.165) is 25.1 Å². The molecule has 2 rings (SSSR count). The lowest BCUT2D eigenvalue weighted by atomic mass is 9.95. The minimum absolute atomic E-state index is 0.0306. The Morgan fingerprint density at radius 3 is 2.78 bits per heavy atom. The third-order valence-electron chi connectivity index (χ3n) is 4.05. The number of hydrogen-bond acceptors (Lipinski definition) is 3. The van der Waals surface area contributed by atoms with Gasteiger partial charge in [0.2, 0.25) is 5.91 Å². The highest BCUT2D eigenvalue weighted by atomic mass is 16.2. The molecule has 7 heteroatoms. The maximum atomic E-state index is 12.0. The average molecular weight is 320 g/mol. The van der Waals surface area contributed by atoms with Crippen LogP contribution in [0.5, 0.6) is 0 Å². The maximum absolute atomic E-state index is 12.0. The first-order valence-corrected chi connectivity index (χ1v) is 8.47. The van der Waals surface area contributed by atoms with Crippen LogP contribution in [0.1, 0.15) is 44.7 Å². The van der Waals surface area contributed by atoms with Crippen molar-refractivity contribution in [2.45, 2.75) is 51.6 Å². The van der Waals surface area contributed by atoms with Gasteiger partial charge in [-0.3, -0.25) is 9.48 Å². The van der Waals surface area contributed by atoms with Crippen molar-refractivity contribution in [1.82, 2.24) is 25.7 Å². The summed E-state index contributed by atoms with van der Waals surface area (Å²) in [6.45, 7) is 3.52. The molecular weight excluding hydrogens is 292 g/mol. The highest BCUT2D eigenvalue weighted by molar-refractivity contribution is 5.86. The molecule has 1 saturated carbocycles. The molecule has 1 aliphatic carbocycles. The molecular formula is C16H28N6O. The van der Waals surface area contributed by atoms with E-state index in [1.54, 1.807) is 10.9 Å². The summed E-state index contributed by atoms with van der Waals surface area (Å²) in [5.41, 5.74) is 1.02. The van der Waals surface area contributed by atoms with Crippen LogP contribution >= 0.6 is 0 Å². The molecule has 0 bridgehead atoms. The van der Waals surface area contributed by atoms with Crippen LogP contribution in [0, 0.1) is 0 Å². The van der Waals surface area contributed by atoms with Gasteiger partial charge in [0.25, 0.3) is 0 Å². The molecule has 1 aromatic heterocycles. The summed E-state index contributed by atoms with van der Waals surface area (Å²) in [6.07, 6.45) is 7.67. The van der Waals surface area contributed by atoms with Gasteiger partial charge in [0.1, 0.15) is 0 Å². The molecule has 3 N–H and O–H groups in total. The van der Waals surface area contributed by atoms with E-state index in [1.807, 2.05) is 20.0 Å². The van der Waals surface area contributed by atoms with E-state index in [1.165, 1.54) is 19.3 Å². The van der Waals surface area contributed by atoms with Crippen LogP contribution in [0.15, 0.2) is 17.3 Å². The van der Waals surface area contributed by atoms with E-state index < -0.39 is 0 Å². The van der Waals surface area contributed by atoms with Gasteiger partial charge in [0.15, 0.2) is 5.96 Å². The van der Waals surface area contributed by atoms with Gasteiger partial charge >= 0.3 is 0 Å². The lowest BCUT2D eigenvalue weighted by molar-refractivity contribution is -0.120. The van der Waals surface area contributed by atoms with Crippen molar-refractivity contribution in [3.63, 3.8) is 0 Å². The minimum Gasteiger partial charge on any atom is -0.357 e. The Kier molecular flexibility index (Phi) is 6.90. The number of aliphatic imine (C=N–C) groups is 1. The van der Waals surface area contributed by atoms with Crippen LogP contribution in [0.3, 0.4) is 0 Å². The molecule has 1 aromatic rings. The van der Waals surface area contributed by atoms with Gasteiger partial charge in [-0.2, -0.15) is 5.10 Å². The first-order valence-electron chi connectivity index (χ1n) is 8.47. The summed E-state index contributed by atoms with van der Waals surface area (Å²) in [7, 11) is 1.89. The molecule has 0 aliphatic heterocycles. The van der Waals surface area contributed by atoms with Crippen molar-refractivity contribution in [1.29, 1.82) is 0 Å². The molecule has 0 spiro atoms. The van der Waals surface area contributed by atoms with Crippen LogP contribution in [-0.2, 0) is 18.4 Å². The van der Waals surface area contributed by atoms with Crippen LogP contribution in [0.2, 0.25) is 0 Å². The Hall–Kier alpha value is -2.05. The van der Waals surface area contributed by atoms with E-state index in [0.29, 0.717) is 18.5 Å². The third-order valence-corrected chi connectivity index (χ3v) is 4.05. The van der Waals surface area contributed by atoms with E-state index in [-0.39, 0.29) is 12.5 Å². The third kappa shape index (κ3) is 5.92. The topological polar surface area (TPSA) is 83.3 Å². The maximum Gasteiger partial charge on any atom is 0.239 e. The molecule has 0 atom stereocenters.